The highest BCUT2D eigenvalue weighted by atomic mass is 32.2. The molecule has 182 valence electrons. The lowest BCUT2D eigenvalue weighted by atomic mass is 9.86. The van der Waals surface area contributed by atoms with E-state index in [0.29, 0.717) is 16.1 Å². The molecule has 0 aliphatic carbocycles. The highest BCUT2D eigenvalue weighted by Gasteiger charge is 2.34. The van der Waals surface area contributed by atoms with Crippen LogP contribution < -0.4 is 14.4 Å². The Bertz CT molecular complexity index is 1080. The topological polar surface area (TPSA) is 75.7 Å². The molecule has 0 saturated carbocycles. The Kier molecular flexibility index (Phi) is 8.05. The summed E-state index contributed by atoms with van der Waals surface area (Å²) in [6.07, 6.45) is -3.81. The van der Waals surface area contributed by atoms with Gasteiger partial charge in [0.2, 0.25) is 15.9 Å². The SMILES string of the molecule is C[C@@H](C(=O)NCCOc1ccccc1C(C)(C)C)N(c1cccc(C(F)(F)F)c1)S(C)(=O)=O. The van der Waals surface area contributed by atoms with Gasteiger partial charge in [-0.05, 0) is 42.2 Å². The number of hydrogen-bond acceptors (Lipinski definition) is 4. The summed E-state index contributed by atoms with van der Waals surface area (Å²) in [5.41, 5.74) is -0.398. The third-order valence-electron chi connectivity index (χ3n) is 4.87. The van der Waals surface area contributed by atoms with Crippen LogP contribution in [0.3, 0.4) is 0 Å². The summed E-state index contributed by atoms with van der Waals surface area (Å²) in [7, 11) is -4.05. The van der Waals surface area contributed by atoms with Crippen LogP contribution in [0.4, 0.5) is 18.9 Å². The molecule has 2 aromatic rings. The molecule has 0 aromatic heterocycles. The lowest BCUT2D eigenvalue weighted by molar-refractivity contribution is -0.137. The Morgan fingerprint density at radius 3 is 2.30 bits per heavy atom. The maximum Gasteiger partial charge on any atom is 0.416 e. The van der Waals surface area contributed by atoms with E-state index in [0.717, 1.165) is 24.0 Å². The number of ether oxygens (including phenoxy) is 1. The molecule has 0 radical (unpaired) electrons. The van der Waals surface area contributed by atoms with E-state index in [-0.39, 0.29) is 24.3 Å². The molecular weight excluding hydrogens is 457 g/mol. The number of hydrogen-bond donors (Lipinski definition) is 1. The summed E-state index contributed by atoms with van der Waals surface area (Å²) >= 11 is 0. The minimum absolute atomic E-state index is 0.0852. The van der Waals surface area contributed by atoms with Gasteiger partial charge in [0, 0.05) is 0 Å². The second-order valence-corrected chi connectivity index (χ2v) is 10.5. The number of alkyl halides is 3. The predicted molar refractivity (Wildman–Crippen MR) is 122 cm³/mol. The third kappa shape index (κ3) is 7.12. The molecular formula is C23H29F3N2O4S. The largest absolute Gasteiger partial charge is 0.491 e. The third-order valence-corrected chi connectivity index (χ3v) is 6.11. The number of anilines is 1. The van der Waals surface area contributed by atoms with Crippen molar-refractivity contribution in [2.45, 2.75) is 45.3 Å². The first-order valence-corrected chi connectivity index (χ1v) is 12.1. The van der Waals surface area contributed by atoms with Gasteiger partial charge in [0.25, 0.3) is 0 Å². The van der Waals surface area contributed by atoms with Crippen LogP contribution in [0.25, 0.3) is 0 Å². The van der Waals surface area contributed by atoms with Gasteiger partial charge in [-0.15, -0.1) is 0 Å². The molecule has 1 atom stereocenters. The Labute approximate surface area is 192 Å². The van der Waals surface area contributed by atoms with Crippen LogP contribution in [0.1, 0.15) is 38.8 Å². The van der Waals surface area contributed by atoms with E-state index in [9.17, 15) is 26.4 Å². The molecule has 33 heavy (non-hydrogen) atoms. The smallest absolute Gasteiger partial charge is 0.416 e. The maximum atomic E-state index is 13.1. The molecule has 0 fully saturated rings. The molecule has 10 heteroatoms. The molecule has 0 spiro atoms. The summed E-state index contributed by atoms with van der Waals surface area (Å²) in [5, 5.41) is 2.59. The monoisotopic (exact) mass is 486 g/mol. The molecule has 1 amide bonds. The van der Waals surface area contributed by atoms with Gasteiger partial charge in [0.15, 0.2) is 0 Å². The van der Waals surface area contributed by atoms with Gasteiger partial charge >= 0.3 is 6.18 Å². The zero-order valence-corrected chi connectivity index (χ0v) is 20.0. The summed E-state index contributed by atoms with van der Waals surface area (Å²) in [4.78, 5) is 12.6. The van der Waals surface area contributed by atoms with Crippen LogP contribution >= 0.6 is 0 Å². The van der Waals surface area contributed by atoms with E-state index in [1.165, 1.54) is 13.0 Å². The van der Waals surface area contributed by atoms with E-state index in [1.807, 2.05) is 45.0 Å². The highest BCUT2D eigenvalue weighted by Crippen LogP contribution is 2.33. The van der Waals surface area contributed by atoms with E-state index in [2.05, 4.69) is 5.32 Å². The average molecular weight is 487 g/mol. The van der Waals surface area contributed by atoms with Crippen LogP contribution in [0, 0.1) is 0 Å². The van der Waals surface area contributed by atoms with Gasteiger partial charge < -0.3 is 10.1 Å². The number of benzene rings is 2. The average Bonchev–Trinajstić information content (AvgIpc) is 2.69. The van der Waals surface area contributed by atoms with Gasteiger partial charge in [-0.25, -0.2) is 8.42 Å². The number of para-hydroxylation sites is 1. The van der Waals surface area contributed by atoms with Crippen molar-refractivity contribution in [3.8, 4) is 5.75 Å². The van der Waals surface area contributed by atoms with Crippen LogP contribution in [0.5, 0.6) is 5.75 Å². The van der Waals surface area contributed by atoms with Crippen molar-refractivity contribution < 1.29 is 31.1 Å². The number of sulfonamides is 1. The van der Waals surface area contributed by atoms with E-state index in [1.54, 1.807) is 0 Å². The number of nitrogens with zero attached hydrogens (tertiary/aromatic N) is 1. The summed E-state index contributed by atoms with van der Waals surface area (Å²) in [6.45, 7) is 7.67. The van der Waals surface area contributed by atoms with Gasteiger partial charge in [-0.1, -0.05) is 45.0 Å². The van der Waals surface area contributed by atoms with Crippen LogP contribution in [-0.4, -0.2) is 39.8 Å². The molecule has 2 rings (SSSR count). The van der Waals surface area contributed by atoms with Gasteiger partial charge in [0.05, 0.1) is 24.1 Å². The maximum absolute atomic E-state index is 13.1. The molecule has 6 nitrogen and oxygen atoms in total. The second kappa shape index (κ2) is 10.0. The first-order valence-electron chi connectivity index (χ1n) is 10.3. The van der Waals surface area contributed by atoms with Crippen LogP contribution in [0.15, 0.2) is 48.5 Å². The van der Waals surface area contributed by atoms with Crippen molar-refractivity contribution in [2.75, 3.05) is 23.7 Å². The molecule has 0 aliphatic rings. The standard InChI is InChI=1S/C23H29F3N2O4S/c1-16(28(33(5,30)31)18-10-8-9-17(15-18)23(24,25)26)21(29)27-13-14-32-20-12-7-6-11-19(20)22(2,3)4/h6-12,15-16H,13-14H2,1-5H3,(H,27,29)/t16-/m0/s1. The van der Waals surface area contributed by atoms with E-state index in [4.69, 9.17) is 4.74 Å². The highest BCUT2D eigenvalue weighted by molar-refractivity contribution is 7.92. The summed E-state index contributed by atoms with van der Waals surface area (Å²) in [6, 6.07) is 10.1. The number of carbonyl (C=O) groups is 1. The number of rotatable bonds is 8. The van der Waals surface area contributed by atoms with Gasteiger partial charge in [0.1, 0.15) is 18.4 Å². The first-order chi connectivity index (χ1) is 15.1. The molecule has 0 heterocycles. The molecule has 2 aromatic carbocycles. The van der Waals surface area contributed by atoms with Crippen molar-refractivity contribution >= 4 is 21.6 Å². The normalized spacial score (nSPS) is 13.3. The van der Waals surface area contributed by atoms with E-state index < -0.39 is 33.7 Å². The fraction of sp³-hybridized carbons (Fsp3) is 0.435. The van der Waals surface area contributed by atoms with E-state index >= 15 is 0 Å². The Hall–Kier alpha value is -2.75. The first kappa shape index (κ1) is 26.5. The van der Waals surface area contributed by atoms with Crippen molar-refractivity contribution in [1.29, 1.82) is 0 Å². The number of halogens is 3. The second-order valence-electron chi connectivity index (χ2n) is 8.67. The number of nitrogens with one attached hydrogen (secondary N) is 1. The van der Waals surface area contributed by atoms with Crippen molar-refractivity contribution in [2.24, 2.45) is 0 Å². The number of carbonyl (C=O) groups excluding carboxylic acids is 1. The van der Waals surface area contributed by atoms with Crippen molar-refractivity contribution in [3.63, 3.8) is 0 Å². The van der Waals surface area contributed by atoms with Crippen LogP contribution in [-0.2, 0) is 26.4 Å². The van der Waals surface area contributed by atoms with Gasteiger partial charge in [-0.2, -0.15) is 13.2 Å². The van der Waals surface area contributed by atoms with Crippen LogP contribution in [0.2, 0.25) is 0 Å². The number of amides is 1. The lowest BCUT2D eigenvalue weighted by Gasteiger charge is -2.28. The fourth-order valence-electron chi connectivity index (χ4n) is 3.32. The van der Waals surface area contributed by atoms with Gasteiger partial charge in [-0.3, -0.25) is 9.10 Å². The minimum atomic E-state index is -4.65. The summed E-state index contributed by atoms with van der Waals surface area (Å²) in [5.74, 6) is 0.0135. The molecule has 0 aliphatic heterocycles. The lowest BCUT2D eigenvalue weighted by Crippen LogP contribution is -2.48. The molecule has 0 unspecified atom stereocenters. The Morgan fingerprint density at radius 1 is 1.09 bits per heavy atom. The van der Waals surface area contributed by atoms with Crippen molar-refractivity contribution in [1.82, 2.24) is 5.32 Å². The zero-order valence-electron chi connectivity index (χ0n) is 19.2. The molecule has 0 bridgehead atoms. The Balaban J connectivity index is 2.10. The predicted octanol–water partition coefficient (Wildman–Crippen LogP) is 4.35. The molecule has 0 saturated heterocycles. The quantitative estimate of drug-likeness (QED) is 0.563. The summed E-state index contributed by atoms with van der Waals surface area (Å²) < 4.78 is 70.3. The molecule has 1 N–H and O–H groups in total. The van der Waals surface area contributed by atoms with Crippen molar-refractivity contribution in [3.05, 3.63) is 59.7 Å². The Morgan fingerprint density at radius 2 is 1.73 bits per heavy atom. The minimum Gasteiger partial charge on any atom is -0.491 e. The zero-order chi connectivity index (χ0) is 25.0. The fourth-order valence-corrected chi connectivity index (χ4v) is 4.49.